The summed E-state index contributed by atoms with van der Waals surface area (Å²) >= 11 is 0. The van der Waals surface area contributed by atoms with E-state index in [-0.39, 0.29) is 36.3 Å². The van der Waals surface area contributed by atoms with Gasteiger partial charge in [0.15, 0.2) is 6.29 Å². The normalized spacial score (nSPS) is 24.5. The van der Waals surface area contributed by atoms with Gasteiger partial charge in [0, 0.05) is 13.0 Å². The second kappa shape index (κ2) is 16.7. The van der Waals surface area contributed by atoms with Crippen LogP contribution in [0.25, 0.3) is 0 Å². The molecule has 0 N–H and O–H groups in total. The van der Waals surface area contributed by atoms with Gasteiger partial charge in [0.2, 0.25) is 0 Å². The quantitative estimate of drug-likeness (QED) is 0.112. The molecule has 8 heteroatoms. The Kier molecular flexibility index (Phi) is 13.7. The lowest BCUT2D eigenvalue weighted by Gasteiger charge is -2.29. The van der Waals surface area contributed by atoms with Crippen LogP contribution in [-0.4, -0.2) is 46.8 Å². The van der Waals surface area contributed by atoms with E-state index in [1.165, 1.54) is 31.1 Å². The third kappa shape index (κ3) is 11.1. The summed E-state index contributed by atoms with van der Waals surface area (Å²) in [5, 5.41) is 0. The van der Waals surface area contributed by atoms with Crippen LogP contribution >= 0.6 is 0 Å². The molecule has 0 amide bonds. The van der Waals surface area contributed by atoms with Gasteiger partial charge >= 0.3 is 5.97 Å². The first-order valence-corrected chi connectivity index (χ1v) is 16.9. The van der Waals surface area contributed by atoms with Crippen LogP contribution in [0.4, 0.5) is 0 Å². The predicted molar refractivity (Wildman–Crippen MR) is 153 cm³/mol. The van der Waals surface area contributed by atoms with Gasteiger partial charge in [-0.1, -0.05) is 69.7 Å². The second-order valence-electron chi connectivity index (χ2n) is 11.3. The molecule has 1 heterocycles. The van der Waals surface area contributed by atoms with Crippen LogP contribution in [-0.2, 0) is 33.3 Å². The smallest absolute Gasteiger partial charge is 0.305 e. The number of hydrogen-bond acceptors (Lipinski definition) is 7. The highest BCUT2D eigenvalue weighted by molar-refractivity contribution is 7.86. The monoisotopic (exact) mass is 566 g/mol. The van der Waals surface area contributed by atoms with E-state index in [9.17, 15) is 13.2 Å². The van der Waals surface area contributed by atoms with Crippen molar-refractivity contribution in [3.05, 3.63) is 35.4 Å². The van der Waals surface area contributed by atoms with Crippen molar-refractivity contribution in [2.45, 2.75) is 128 Å². The summed E-state index contributed by atoms with van der Waals surface area (Å²) < 4.78 is 46.6. The average Bonchev–Trinajstić information content (AvgIpc) is 3.31. The van der Waals surface area contributed by atoms with Crippen molar-refractivity contribution < 1.29 is 31.6 Å². The van der Waals surface area contributed by atoms with E-state index in [1.54, 1.807) is 0 Å². The fourth-order valence-electron chi connectivity index (χ4n) is 6.13. The molecule has 5 atom stereocenters. The molecule has 1 aliphatic carbocycles. The number of ether oxygens (including phenoxy) is 3. The Balaban J connectivity index is 1.65. The lowest BCUT2D eigenvalue weighted by atomic mass is 9.84. The third-order valence-corrected chi connectivity index (χ3v) is 8.81. The Morgan fingerprint density at radius 2 is 1.77 bits per heavy atom. The van der Waals surface area contributed by atoms with Crippen LogP contribution < -0.4 is 0 Å². The van der Waals surface area contributed by atoms with Crippen molar-refractivity contribution in [2.24, 2.45) is 5.92 Å². The van der Waals surface area contributed by atoms with Crippen LogP contribution in [0.2, 0.25) is 0 Å². The van der Waals surface area contributed by atoms with Crippen LogP contribution in [0, 0.1) is 5.92 Å². The maximum absolute atomic E-state index is 12.0. The van der Waals surface area contributed by atoms with E-state index in [0.717, 1.165) is 89.9 Å². The Morgan fingerprint density at radius 1 is 1.00 bits per heavy atom. The minimum atomic E-state index is -3.52. The zero-order valence-electron chi connectivity index (χ0n) is 24.3. The fraction of sp³-hybridized carbons (Fsp3) is 0.774. The molecule has 3 unspecified atom stereocenters. The van der Waals surface area contributed by atoms with E-state index < -0.39 is 10.1 Å². The second-order valence-corrected chi connectivity index (χ2v) is 12.9. The lowest BCUT2D eigenvalue weighted by Crippen LogP contribution is -2.25. The molecule has 1 saturated carbocycles. The molecule has 3 rings (SSSR count). The highest BCUT2D eigenvalue weighted by atomic mass is 32.2. The van der Waals surface area contributed by atoms with Gasteiger partial charge in [-0.05, 0) is 74.3 Å². The highest BCUT2D eigenvalue weighted by Crippen LogP contribution is 2.45. The number of esters is 1. The first-order valence-electron chi connectivity index (χ1n) is 15.1. The van der Waals surface area contributed by atoms with Gasteiger partial charge in [0.25, 0.3) is 10.1 Å². The Labute approximate surface area is 236 Å². The average molecular weight is 567 g/mol. The molecule has 222 valence electrons. The van der Waals surface area contributed by atoms with E-state index in [4.69, 9.17) is 18.4 Å². The van der Waals surface area contributed by atoms with Crippen molar-refractivity contribution in [2.75, 3.05) is 20.0 Å². The summed E-state index contributed by atoms with van der Waals surface area (Å²) in [7, 11) is -2.10. The number of unbranched alkanes of at least 4 members (excludes halogenated alkanes) is 5. The number of methoxy groups -OCH3 is 1. The molecule has 2 fully saturated rings. The highest BCUT2D eigenvalue weighted by Gasteiger charge is 2.39. The van der Waals surface area contributed by atoms with Crippen molar-refractivity contribution in [3.8, 4) is 0 Å². The molecule has 0 aromatic heterocycles. The maximum atomic E-state index is 12.0. The molecular weight excluding hydrogens is 516 g/mol. The SMILES string of the molecule is CCCCCC(OC1CCCCO1)c1ccc(C2CC[C@H](OS(C)(=O)=O)[C@@H]2CCCCCCC(=O)OC)cc1. The van der Waals surface area contributed by atoms with Gasteiger partial charge < -0.3 is 14.2 Å². The fourth-order valence-corrected chi connectivity index (χ4v) is 6.82. The minimum absolute atomic E-state index is 0.0272. The predicted octanol–water partition coefficient (Wildman–Crippen LogP) is 7.20. The van der Waals surface area contributed by atoms with E-state index in [0.29, 0.717) is 6.42 Å². The Bertz CT molecular complexity index is 940. The number of carbonyl (C=O) groups is 1. The van der Waals surface area contributed by atoms with Gasteiger partial charge in [0.05, 0.1) is 25.6 Å². The van der Waals surface area contributed by atoms with Gasteiger partial charge in [-0.25, -0.2) is 0 Å². The Morgan fingerprint density at radius 3 is 2.44 bits per heavy atom. The van der Waals surface area contributed by atoms with Crippen LogP contribution in [0.5, 0.6) is 0 Å². The summed E-state index contributed by atoms with van der Waals surface area (Å²) in [4.78, 5) is 11.4. The number of hydrogen-bond donors (Lipinski definition) is 0. The molecule has 0 radical (unpaired) electrons. The Hall–Kier alpha value is -1.48. The van der Waals surface area contributed by atoms with Crippen molar-refractivity contribution >= 4 is 16.1 Å². The zero-order valence-corrected chi connectivity index (χ0v) is 25.1. The third-order valence-electron chi connectivity index (χ3n) is 8.21. The summed E-state index contributed by atoms with van der Waals surface area (Å²) in [5.74, 6) is 0.251. The van der Waals surface area contributed by atoms with E-state index >= 15 is 0 Å². The topological polar surface area (TPSA) is 88.1 Å². The molecule has 1 saturated heterocycles. The minimum Gasteiger partial charge on any atom is -0.469 e. The van der Waals surface area contributed by atoms with Gasteiger partial charge in [0.1, 0.15) is 0 Å². The maximum Gasteiger partial charge on any atom is 0.305 e. The summed E-state index contributed by atoms with van der Waals surface area (Å²) in [5.41, 5.74) is 2.43. The number of benzene rings is 1. The molecular formula is C31H50O7S. The summed E-state index contributed by atoms with van der Waals surface area (Å²) in [6.45, 7) is 2.99. The number of rotatable bonds is 17. The largest absolute Gasteiger partial charge is 0.469 e. The van der Waals surface area contributed by atoms with Crippen LogP contribution in [0.3, 0.4) is 0 Å². The van der Waals surface area contributed by atoms with E-state index in [1.807, 2.05) is 0 Å². The molecule has 2 aliphatic rings. The standard InChI is InChI=1S/C31H50O7S/c1-4-5-8-14-28(37-31-16-11-12-23-36-31)25-19-17-24(18-20-25)26-21-22-29(38-39(3,33)34)27(26)13-9-6-7-10-15-30(32)35-2/h17-20,26-29,31H,4-16,21-23H2,1-3H3/t26?,27-,28?,29+,31?/m1/s1. The molecule has 7 nitrogen and oxygen atoms in total. The molecule has 1 aromatic carbocycles. The zero-order chi connectivity index (χ0) is 28.1. The number of carbonyl (C=O) groups excluding carboxylic acids is 1. The van der Waals surface area contributed by atoms with E-state index in [2.05, 4.69) is 31.2 Å². The summed E-state index contributed by atoms with van der Waals surface area (Å²) in [6, 6.07) is 8.82. The molecule has 0 bridgehead atoms. The van der Waals surface area contributed by atoms with Crippen LogP contribution in [0.15, 0.2) is 24.3 Å². The molecule has 0 spiro atoms. The summed E-state index contributed by atoms with van der Waals surface area (Å²) in [6.07, 6.45) is 15.3. The first kappa shape index (κ1) is 32.0. The lowest BCUT2D eigenvalue weighted by molar-refractivity contribution is -0.191. The van der Waals surface area contributed by atoms with Crippen molar-refractivity contribution in [1.29, 1.82) is 0 Å². The van der Waals surface area contributed by atoms with Crippen molar-refractivity contribution in [3.63, 3.8) is 0 Å². The van der Waals surface area contributed by atoms with Gasteiger partial charge in [-0.15, -0.1) is 0 Å². The molecule has 1 aromatic rings. The molecule has 39 heavy (non-hydrogen) atoms. The van der Waals surface area contributed by atoms with Gasteiger partial charge in [-0.2, -0.15) is 8.42 Å². The van der Waals surface area contributed by atoms with Gasteiger partial charge in [-0.3, -0.25) is 8.98 Å². The first-order chi connectivity index (χ1) is 18.8. The van der Waals surface area contributed by atoms with Crippen molar-refractivity contribution in [1.82, 2.24) is 0 Å². The molecule has 1 aliphatic heterocycles. The van der Waals surface area contributed by atoms with Crippen LogP contribution in [0.1, 0.15) is 126 Å².